The van der Waals surface area contributed by atoms with Crippen molar-refractivity contribution in [3.63, 3.8) is 0 Å². The van der Waals surface area contributed by atoms with Crippen molar-refractivity contribution >= 4 is 17.3 Å². The van der Waals surface area contributed by atoms with Gasteiger partial charge in [-0.15, -0.1) is 11.3 Å². The molecule has 1 heterocycles. The molecular formula is C17H23N3OS. The van der Waals surface area contributed by atoms with Crippen LogP contribution in [0, 0.1) is 6.92 Å². The fraction of sp³-hybridized carbons (Fsp3) is 0.353. The topological polar surface area (TPSA) is 45.6 Å². The molecule has 0 spiro atoms. The van der Waals surface area contributed by atoms with E-state index in [1.54, 1.807) is 18.4 Å². The largest absolute Gasteiger partial charge is 0.494 e. The lowest BCUT2D eigenvalue weighted by Gasteiger charge is -2.12. The zero-order chi connectivity index (χ0) is 15.8. The SMILES string of the molecule is CCOc1cccc(CNC(=NC)NCc2ccc(C)s2)c1. The van der Waals surface area contributed by atoms with Gasteiger partial charge in [-0.3, -0.25) is 4.99 Å². The number of aliphatic imine (C=N–C) groups is 1. The molecule has 1 aromatic carbocycles. The molecular weight excluding hydrogens is 294 g/mol. The predicted molar refractivity (Wildman–Crippen MR) is 93.7 cm³/mol. The first-order chi connectivity index (χ1) is 10.7. The molecule has 0 fully saturated rings. The van der Waals surface area contributed by atoms with E-state index in [2.05, 4.69) is 40.7 Å². The van der Waals surface area contributed by atoms with Gasteiger partial charge >= 0.3 is 0 Å². The van der Waals surface area contributed by atoms with E-state index in [9.17, 15) is 0 Å². The second-order valence-corrected chi connectivity index (χ2v) is 6.24. The van der Waals surface area contributed by atoms with Crippen LogP contribution in [0.1, 0.15) is 22.2 Å². The Morgan fingerprint density at radius 2 is 2.00 bits per heavy atom. The number of ether oxygens (including phenoxy) is 1. The number of guanidine groups is 1. The monoisotopic (exact) mass is 317 g/mol. The van der Waals surface area contributed by atoms with E-state index in [0.29, 0.717) is 13.2 Å². The quantitative estimate of drug-likeness (QED) is 0.634. The van der Waals surface area contributed by atoms with E-state index in [0.717, 1.165) is 18.3 Å². The first kappa shape index (κ1) is 16.4. The molecule has 0 atom stereocenters. The molecule has 0 saturated carbocycles. The number of hydrogen-bond acceptors (Lipinski definition) is 3. The molecule has 0 aliphatic carbocycles. The van der Waals surface area contributed by atoms with Crippen LogP contribution in [0.15, 0.2) is 41.4 Å². The average molecular weight is 317 g/mol. The van der Waals surface area contributed by atoms with Crippen molar-refractivity contribution in [1.29, 1.82) is 0 Å². The standard InChI is InChI=1S/C17H23N3OS/c1-4-21-15-7-5-6-14(10-15)11-19-17(18-3)20-12-16-9-8-13(2)22-16/h5-10H,4,11-12H2,1-3H3,(H2,18,19,20). The van der Waals surface area contributed by atoms with Crippen LogP contribution in [-0.4, -0.2) is 19.6 Å². The minimum atomic E-state index is 0.681. The van der Waals surface area contributed by atoms with Crippen molar-refractivity contribution in [3.05, 3.63) is 51.7 Å². The number of hydrogen-bond donors (Lipinski definition) is 2. The van der Waals surface area contributed by atoms with E-state index in [1.165, 1.54) is 15.3 Å². The zero-order valence-electron chi connectivity index (χ0n) is 13.3. The van der Waals surface area contributed by atoms with E-state index in [4.69, 9.17) is 4.74 Å². The molecule has 2 aromatic rings. The van der Waals surface area contributed by atoms with Gasteiger partial charge in [0.25, 0.3) is 0 Å². The van der Waals surface area contributed by atoms with Crippen LogP contribution in [0.4, 0.5) is 0 Å². The van der Waals surface area contributed by atoms with Crippen molar-refractivity contribution in [1.82, 2.24) is 10.6 Å². The molecule has 2 rings (SSSR count). The van der Waals surface area contributed by atoms with Gasteiger partial charge in [0, 0.05) is 23.3 Å². The molecule has 0 aliphatic heterocycles. The summed E-state index contributed by atoms with van der Waals surface area (Å²) in [4.78, 5) is 6.88. The molecule has 1 aromatic heterocycles. The summed E-state index contributed by atoms with van der Waals surface area (Å²) in [5.74, 6) is 1.70. The molecule has 0 amide bonds. The summed E-state index contributed by atoms with van der Waals surface area (Å²) in [6.07, 6.45) is 0. The second-order valence-electron chi connectivity index (χ2n) is 4.87. The van der Waals surface area contributed by atoms with Gasteiger partial charge in [-0.2, -0.15) is 0 Å². The van der Waals surface area contributed by atoms with Gasteiger partial charge in [-0.1, -0.05) is 12.1 Å². The highest BCUT2D eigenvalue weighted by Gasteiger charge is 2.01. The highest BCUT2D eigenvalue weighted by molar-refractivity contribution is 7.11. The third-order valence-electron chi connectivity index (χ3n) is 3.12. The fourth-order valence-corrected chi connectivity index (χ4v) is 2.90. The van der Waals surface area contributed by atoms with Crippen LogP contribution >= 0.6 is 11.3 Å². The molecule has 118 valence electrons. The summed E-state index contributed by atoms with van der Waals surface area (Å²) in [7, 11) is 1.78. The minimum absolute atomic E-state index is 0.681. The summed E-state index contributed by atoms with van der Waals surface area (Å²) in [5, 5.41) is 6.65. The zero-order valence-corrected chi connectivity index (χ0v) is 14.2. The Morgan fingerprint density at radius 3 is 2.68 bits per heavy atom. The fourth-order valence-electron chi connectivity index (χ4n) is 2.07. The van der Waals surface area contributed by atoms with Gasteiger partial charge in [0.1, 0.15) is 5.75 Å². The van der Waals surface area contributed by atoms with Crippen molar-refractivity contribution in [2.45, 2.75) is 26.9 Å². The molecule has 0 aliphatic rings. The first-order valence-corrected chi connectivity index (χ1v) is 8.24. The Morgan fingerprint density at radius 1 is 1.18 bits per heavy atom. The highest BCUT2D eigenvalue weighted by Crippen LogP contribution is 2.14. The number of benzene rings is 1. The molecule has 0 saturated heterocycles. The summed E-state index contributed by atoms with van der Waals surface area (Å²) in [6, 6.07) is 12.4. The smallest absolute Gasteiger partial charge is 0.191 e. The molecule has 22 heavy (non-hydrogen) atoms. The summed E-state index contributed by atoms with van der Waals surface area (Å²) in [6.45, 7) is 6.29. The van der Waals surface area contributed by atoms with Crippen LogP contribution in [0.25, 0.3) is 0 Å². The maximum atomic E-state index is 5.52. The van der Waals surface area contributed by atoms with Crippen LogP contribution in [0.5, 0.6) is 5.75 Å². The molecule has 0 unspecified atom stereocenters. The Labute approximate surface area is 136 Å². The Kier molecular flexibility index (Phi) is 6.27. The number of nitrogens with zero attached hydrogens (tertiary/aromatic N) is 1. The normalized spacial score (nSPS) is 11.3. The molecule has 0 radical (unpaired) electrons. The minimum Gasteiger partial charge on any atom is -0.494 e. The maximum Gasteiger partial charge on any atom is 0.191 e. The van der Waals surface area contributed by atoms with Gasteiger partial charge in [0.2, 0.25) is 0 Å². The van der Waals surface area contributed by atoms with Gasteiger partial charge < -0.3 is 15.4 Å². The third kappa shape index (κ3) is 5.07. The van der Waals surface area contributed by atoms with Crippen molar-refractivity contribution < 1.29 is 4.74 Å². The van der Waals surface area contributed by atoms with E-state index in [-0.39, 0.29) is 0 Å². The lowest BCUT2D eigenvalue weighted by Crippen LogP contribution is -2.36. The Bertz CT molecular complexity index is 622. The van der Waals surface area contributed by atoms with E-state index >= 15 is 0 Å². The predicted octanol–water partition coefficient (Wildman–Crippen LogP) is 3.32. The summed E-state index contributed by atoms with van der Waals surface area (Å²) < 4.78 is 5.52. The molecule has 2 N–H and O–H groups in total. The summed E-state index contributed by atoms with van der Waals surface area (Å²) >= 11 is 1.80. The van der Waals surface area contributed by atoms with Crippen LogP contribution in [0.3, 0.4) is 0 Å². The van der Waals surface area contributed by atoms with Gasteiger partial charge in [0.15, 0.2) is 5.96 Å². The number of aryl methyl sites for hydroxylation is 1. The van der Waals surface area contributed by atoms with E-state index < -0.39 is 0 Å². The number of thiophene rings is 1. The van der Waals surface area contributed by atoms with Crippen LogP contribution in [0.2, 0.25) is 0 Å². The molecule has 0 bridgehead atoms. The van der Waals surface area contributed by atoms with Gasteiger partial charge in [-0.25, -0.2) is 0 Å². The Hall–Kier alpha value is -2.01. The number of nitrogens with one attached hydrogen (secondary N) is 2. The first-order valence-electron chi connectivity index (χ1n) is 7.43. The second kappa shape index (κ2) is 8.44. The highest BCUT2D eigenvalue weighted by atomic mass is 32.1. The Balaban J connectivity index is 1.84. The average Bonchev–Trinajstić information content (AvgIpc) is 2.94. The maximum absolute atomic E-state index is 5.52. The van der Waals surface area contributed by atoms with Crippen molar-refractivity contribution in [2.24, 2.45) is 4.99 Å². The van der Waals surface area contributed by atoms with Gasteiger partial charge in [0.05, 0.1) is 13.2 Å². The van der Waals surface area contributed by atoms with Crippen molar-refractivity contribution in [3.8, 4) is 5.75 Å². The molecule has 4 nitrogen and oxygen atoms in total. The van der Waals surface area contributed by atoms with Crippen LogP contribution < -0.4 is 15.4 Å². The van der Waals surface area contributed by atoms with Crippen molar-refractivity contribution in [2.75, 3.05) is 13.7 Å². The van der Waals surface area contributed by atoms with Gasteiger partial charge in [-0.05, 0) is 43.7 Å². The van der Waals surface area contributed by atoms with Crippen LogP contribution in [-0.2, 0) is 13.1 Å². The number of rotatable bonds is 6. The summed E-state index contributed by atoms with van der Waals surface area (Å²) in [5.41, 5.74) is 1.17. The lowest BCUT2D eigenvalue weighted by atomic mass is 10.2. The van der Waals surface area contributed by atoms with E-state index in [1.807, 2.05) is 25.1 Å². The molecule has 5 heteroatoms. The lowest BCUT2D eigenvalue weighted by molar-refractivity contribution is 0.340. The third-order valence-corrected chi connectivity index (χ3v) is 4.12.